The van der Waals surface area contributed by atoms with E-state index in [1.54, 1.807) is 0 Å². The van der Waals surface area contributed by atoms with Gasteiger partial charge in [-0.15, -0.1) is 0 Å². The zero-order valence-corrected chi connectivity index (χ0v) is 12.5. The van der Waals surface area contributed by atoms with Gasteiger partial charge in [-0.2, -0.15) is 0 Å². The zero-order valence-electron chi connectivity index (χ0n) is 12.5. The molecule has 2 heterocycles. The van der Waals surface area contributed by atoms with E-state index in [2.05, 4.69) is 29.4 Å². The average Bonchev–Trinajstić information content (AvgIpc) is 2.93. The second-order valence-corrected chi connectivity index (χ2v) is 6.14. The van der Waals surface area contributed by atoms with E-state index in [4.69, 9.17) is 0 Å². The van der Waals surface area contributed by atoms with E-state index in [0.29, 0.717) is 11.8 Å². The van der Waals surface area contributed by atoms with Gasteiger partial charge in [0.05, 0.1) is 5.41 Å². The minimum atomic E-state index is -0.103. The summed E-state index contributed by atoms with van der Waals surface area (Å²) in [5, 5.41) is 6.59. The summed E-state index contributed by atoms with van der Waals surface area (Å²) in [6, 6.07) is 0. The Morgan fingerprint density at radius 2 is 2.11 bits per heavy atom. The monoisotopic (exact) mass is 267 g/mol. The van der Waals surface area contributed by atoms with E-state index in [1.807, 2.05) is 0 Å². The van der Waals surface area contributed by atoms with Gasteiger partial charge in [-0.3, -0.25) is 4.79 Å². The Balaban J connectivity index is 1.80. The van der Waals surface area contributed by atoms with Crippen molar-refractivity contribution < 1.29 is 4.79 Å². The second kappa shape index (κ2) is 6.71. The molecule has 0 aliphatic carbocycles. The Labute approximate surface area is 117 Å². The minimum absolute atomic E-state index is 0.103. The highest BCUT2D eigenvalue weighted by atomic mass is 16.2. The maximum Gasteiger partial charge on any atom is 0.226 e. The van der Waals surface area contributed by atoms with Crippen LogP contribution in [0, 0.1) is 11.3 Å². The highest BCUT2D eigenvalue weighted by molar-refractivity contribution is 5.82. The smallest absolute Gasteiger partial charge is 0.226 e. The van der Waals surface area contributed by atoms with Gasteiger partial charge in [-0.1, -0.05) is 13.8 Å². The Hall–Kier alpha value is -0.610. The molecule has 0 aromatic rings. The van der Waals surface area contributed by atoms with Gasteiger partial charge in [-0.25, -0.2) is 0 Å². The second-order valence-electron chi connectivity index (χ2n) is 6.14. The molecule has 2 N–H and O–H groups in total. The van der Waals surface area contributed by atoms with Crippen molar-refractivity contribution in [3.63, 3.8) is 0 Å². The van der Waals surface area contributed by atoms with Crippen molar-refractivity contribution in [3.05, 3.63) is 0 Å². The maximum absolute atomic E-state index is 12.5. The molecule has 0 bridgehead atoms. The molecule has 0 aromatic heterocycles. The van der Waals surface area contributed by atoms with Crippen LogP contribution in [0.5, 0.6) is 0 Å². The van der Waals surface area contributed by atoms with Crippen LogP contribution in [0.3, 0.4) is 0 Å². The van der Waals surface area contributed by atoms with Crippen molar-refractivity contribution in [2.45, 2.75) is 39.5 Å². The summed E-state index contributed by atoms with van der Waals surface area (Å²) >= 11 is 0. The van der Waals surface area contributed by atoms with Gasteiger partial charge >= 0.3 is 0 Å². The van der Waals surface area contributed by atoms with Gasteiger partial charge < -0.3 is 15.5 Å². The molecular formula is C15H29N3O. The summed E-state index contributed by atoms with van der Waals surface area (Å²) in [6.45, 7) is 10.7. The molecule has 0 saturated carbocycles. The number of likely N-dealkylation sites (tertiary alicyclic amines) is 1. The first-order valence-electron chi connectivity index (χ1n) is 7.91. The molecule has 2 saturated heterocycles. The van der Waals surface area contributed by atoms with Crippen molar-refractivity contribution in [2.75, 3.05) is 39.3 Å². The molecule has 0 spiro atoms. The average molecular weight is 267 g/mol. The zero-order chi connectivity index (χ0) is 13.7. The molecule has 1 amide bonds. The summed E-state index contributed by atoms with van der Waals surface area (Å²) in [5.41, 5.74) is -0.103. The lowest BCUT2D eigenvalue weighted by atomic mass is 9.76. The lowest BCUT2D eigenvalue weighted by Gasteiger charge is -2.35. The number of carbonyl (C=O) groups excluding carboxylic acids is 1. The van der Waals surface area contributed by atoms with E-state index in [1.165, 1.54) is 13.0 Å². The first kappa shape index (κ1) is 14.8. The standard InChI is InChI=1S/C15H29N3O/c1-3-15(6-8-16-9-7-15)14(19)17-11-13-5-10-18(4-2)12-13/h13,16H,3-12H2,1-2H3,(H,17,19). The third-order valence-corrected chi connectivity index (χ3v) is 5.09. The molecule has 0 aromatic carbocycles. The molecule has 0 radical (unpaired) electrons. The van der Waals surface area contributed by atoms with Gasteiger partial charge in [-0.05, 0) is 57.8 Å². The van der Waals surface area contributed by atoms with E-state index in [9.17, 15) is 4.79 Å². The lowest BCUT2D eigenvalue weighted by Crippen LogP contribution is -2.48. The number of amides is 1. The van der Waals surface area contributed by atoms with Crippen molar-refractivity contribution in [2.24, 2.45) is 11.3 Å². The van der Waals surface area contributed by atoms with Crippen LogP contribution in [0.25, 0.3) is 0 Å². The Morgan fingerprint density at radius 1 is 1.37 bits per heavy atom. The predicted molar refractivity (Wildman–Crippen MR) is 78.1 cm³/mol. The fourth-order valence-corrected chi connectivity index (χ4v) is 3.44. The van der Waals surface area contributed by atoms with Crippen molar-refractivity contribution in [1.29, 1.82) is 0 Å². The van der Waals surface area contributed by atoms with Crippen LogP contribution in [0.15, 0.2) is 0 Å². The summed E-state index contributed by atoms with van der Waals surface area (Å²) in [5.74, 6) is 0.950. The molecule has 4 heteroatoms. The van der Waals surface area contributed by atoms with Crippen LogP contribution in [0.1, 0.15) is 39.5 Å². The van der Waals surface area contributed by atoms with E-state index < -0.39 is 0 Å². The van der Waals surface area contributed by atoms with E-state index >= 15 is 0 Å². The van der Waals surface area contributed by atoms with Crippen LogP contribution >= 0.6 is 0 Å². The number of hydrogen-bond donors (Lipinski definition) is 2. The van der Waals surface area contributed by atoms with Crippen LogP contribution in [-0.2, 0) is 4.79 Å². The predicted octanol–water partition coefficient (Wildman–Crippen LogP) is 1.22. The van der Waals surface area contributed by atoms with Gasteiger partial charge in [0, 0.05) is 13.1 Å². The molecule has 19 heavy (non-hydrogen) atoms. The Kier molecular flexibility index (Phi) is 5.22. The minimum Gasteiger partial charge on any atom is -0.355 e. The first-order chi connectivity index (χ1) is 9.20. The topological polar surface area (TPSA) is 44.4 Å². The highest BCUT2D eigenvalue weighted by Crippen LogP contribution is 2.32. The largest absolute Gasteiger partial charge is 0.355 e. The number of piperidine rings is 1. The van der Waals surface area contributed by atoms with Gasteiger partial charge in [0.25, 0.3) is 0 Å². The Morgan fingerprint density at radius 3 is 2.68 bits per heavy atom. The molecular weight excluding hydrogens is 238 g/mol. The maximum atomic E-state index is 12.5. The fraction of sp³-hybridized carbons (Fsp3) is 0.933. The molecule has 110 valence electrons. The number of carbonyl (C=O) groups is 1. The van der Waals surface area contributed by atoms with E-state index in [0.717, 1.165) is 52.0 Å². The number of hydrogen-bond acceptors (Lipinski definition) is 3. The molecule has 1 atom stereocenters. The van der Waals surface area contributed by atoms with E-state index in [-0.39, 0.29) is 5.41 Å². The lowest BCUT2D eigenvalue weighted by molar-refractivity contribution is -0.133. The van der Waals surface area contributed by atoms with Gasteiger partial charge in [0.15, 0.2) is 0 Å². The van der Waals surface area contributed by atoms with Crippen LogP contribution in [0.4, 0.5) is 0 Å². The van der Waals surface area contributed by atoms with Crippen molar-refractivity contribution in [3.8, 4) is 0 Å². The number of nitrogens with one attached hydrogen (secondary N) is 2. The molecule has 1 unspecified atom stereocenters. The molecule has 2 rings (SSSR count). The Bertz CT molecular complexity index is 300. The quantitative estimate of drug-likeness (QED) is 0.787. The van der Waals surface area contributed by atoms with Crippen molar-refractivity contribution in [1.82, 2.24) is 15.5 Å². The van der Waals surface area contributed by atoms with Crippen molar-refractivity contribution >= 4 is 5.91 Å². The summed E-state index contributed by atoms with van der Waals surface area (Å²) < 4.78 is 0. The van der Waals surface area contributed by atoms with Gasteiger partial charge in [0.2, 0.25) is 5.91 Å². The molecule has 4 nitrogen and oxygen atoms in total. The van der Waals surface area contributed by atoms with Crippen LogP contribution in [0.2, 0.25) is 0 Å². The summed E-state index contributed by atoms with van der Waals surface area (Å²) in [7, 11) is 0. The van der Waals surface area contributed by atoms with Crippen LogP contribution < -0.4 is 10.6 Å². The van der Waals surface area contributed by atoms with Crippen LogP contribution in [-0.4, -0.2) is 50.1 Å². The molecule has 2 aliphatic heterocycles. The third kappa shape index (κ3) is 3.48. The first-order valence-corrected chi connectivity index (χ1v) is 7.91. The molecule has 2 aliphatic rings. The number of rotatable bonds is 5. The third-order valence-electron chi connectivity index (χ3n) is 5.09. The summed E-state index contributed by atoms with van der Waals surface area (Å²) in [6.07, 6.45) is 4.17. The fourth-order valence-electron chi connectivity index (χ4n) is 3.44. The highest BCUT2D eigenvalue weighted by Gasteiger charge is 2.37. The van der Waals surface area contributed by atoms with Gasteiger partial charge in [0.1, 0.15) is 0 Å². The SMILES string of the molecule is CCN1CCC(CNC(=O)C2(CC)CCNCC2)C1. The summed E-state index contributed by atoms with van der Waals surface area (Å²) in [4.78, 5) is 15.0. The number of nitrogens with zero attached hydrogens (tertiary/aromatic N) is 1. The molecule has 2 fully saturated rings. The normalized spacial score (nSPS) is 27.4.